The van der Waals surface area contributed by atoms with E-state index in [9.17, 15) is 4.79 Å². The van der Waals surface area contributed by atoms with Crippen molar-refractivity contribution in [2.45, 2.75) is 25.7 Å². The number of hydrogen-bond acceptors (Lipinski definition) is 4. The maximum atomic E-state index is 10.3. The van der Waals surface area contributed by atoms with E-state index in [4.69, 9.17) is 5.11 Å². The van der Waals surface area contributed by atoms with Crippen molar-refractivity contribution in [2.75, 3.05) is 0 Å². The van der Waals surface area contributed by atoms with E-state index in [1.807, 2.05) is 12.2 Å². The normalized spacial score (nSPS) is 10.9. The van der Waals surface area contributed by atoms with Crippen LogP contribution in [-0.2, 0) is 11.8 Å². The summed E-state index contributed by atoms with van der Waals surface area (Å²) >= 11 is 0. The maximum absolute atomic E-state index is 10.3. The molecule has 0 aliphatic rings. The summed E-state index contributed by atoms with van der Waals surface area (Å²) in [6.45, 7) is 3.83. The fourth-order valence-electron chi connectivity index (χ4n) is 1.25. The van der Waals surface area contributed by atoms with Crippen LogP contribution in [0.1, 0.15) is 31.5 Å². The molecule has 17 heavy (non-hydrogen) atoms. The van der Waals surface area contributed by atoms with E-state index in [0.717, 1.165) is 12.8 Å². The van der Waals surface area contributed by atoms with Crippen LogP contribution in [0.15, 0.2) is 18.7 Å². The molecule has 0 atom stereocenters. The quantitative estimate of drug-likeness (QED) is 0.572. The van der Waals surface area contributed by atoms with E-state index in [1.165, 1.54) is 4.80 Å². The number of carboxylic acids is 1. The van der Waals surface area contributed by atoms with Gasteiger partial charge in [0, 0.05) is 12.0 Å². The van der Waals surface area contributed by atoms with Crippen molar-refractivity contribution in [2.24, 2.45) is 7.05 Å². The Labute approximate surface area is 99.6 Å². The van der Waals surface area contributed by atoms with Crippen LogP contribution in [0.3, 0.4) is 0 Å². The molecule has 92 valence electrons. The standard InChI is InChI=1S/C11H16N4O2/c1-9(11-12-14-15(2)13-11)7-5-3-4-6-8-10(16)17/h5,7H,1,3-4,6,8H2,2H3,(H,16,17). The molecular weight excluding hydrogens is 220 g/mol. The van der Waals surface area contributed by atoms with E-state index in [1.54, 1.807) is 7.05 Å². The molecule has 0 saturated heterocycles. The van der Waals surface area contributed by atoms with Gasteiger partial charge in [0.15, 0.2) is 0 Å². The molecule has 0 saturated carbocycles. The molecule has 1 aromatic rings. The van der Waals surface area contributed by atoms with Gasteiger partial charge in [-0.05, 0) is 24.5 Å². The Morgan fingerprint density at radius 1 is 1.53 bits per heavy atom. The third-order valence-electron chi connectivity index (χ3n) is 2.13. The van der Waals surface area contributed by atoms with Crippen LogP contribution in [0.4, 0.5) is 0 Å². The van der Waals surface area contributed by atoms with Crippen LogP contribution in [0.2, 0.25) is 0 Å². The third-order valence-corrected chi connectivity index (χ3v) is 2.13. The van der Waals surface area contributed by atoms with Crippen LogP contribution in [0.5, 0.6) is 0 Å². The molecule has 0 fully saturated rings. The van der Waals surface area contributed by atoms with Crippen LogP contribution in [0.25, 0.3) is 5.57 Å². The van der Waals surface area contributed by atoms with Gasteiger partial charge in [0.1, 0.15) is 0 Å². The number of hydrogen-bond donors (Lipinski definition) is 1. The molecule has 1 rings (SSSR count). The molecule has 6 heteroatoms. The molecule has 0 aromatic carbocycles. The second kappa shape index (κ2) is 6.57. The predicted molar refractivity (Wildman–Crippen MR) is 63.1 cm³/mol. The zero-order valence-corrected chi connectivity index (χ0v) is 9.83. The Bertz CT molecular complexity index is 423. The molecule has 0 amide bonds. The Hall–Kier alpha value is -1.98. The molecule has 1 heterocycles. The predicted octanol–water partition coefficient (Wildman–Crippen LogP) is 1.42. The number of allylic oxidation sites excluding steroid dienone is 3. The van der Waals surface area contributed by atoms with Gasteiger partial charge in [-0.25, -0.2) is 0 Å². The number of rotatable bonds is 7. The molecule has 0 aliphatic carbocycles. The molecule has 0 aliphatic heterocycles. The second-order valence-electron chi connectivity index (χ2n) is 3.67. The summed E-state index contributed by atoms with van der Waals surface area (Å²) in [5.74, 6) is -0.239. The van der Waals surface area contributed by atoms with E-state index >= 15 is 0 Å². The lowest BCUT2D eigenvalue weighted by atomic mass is 10.1. The van der Waals surface area contributed by atoms with Gasteiger partial charge in [-0.15, -0.1) is 10.2 Å². The first-order valence-corrected chi connectivity index (χ1v) is 5.41. The van der Waals surface area contributed by atoms with Gasteiger partial charge in [0.25, 0.3) is 0 Å². The Balaban J connectivity index is 2.25. The highest BCUT2D eigenvalue weighted by Gasteiger charge is 2.01. The van der Waals surface area contributed by atoms with Gasteiger partial charge >= 0.3 is 5.97 Å². The molecule has 1 N–H and O–H groups in total. The van der Waals surface area contributed by atoms with E-state index in [-0.39, 0.29) is 6.42 Å². The fraction of sp³-hybridized carbons (Fsp3) is 0.455. The van der Waals surface area contributed by atoms with E-state index in [0.29, 0.717) is 17.8 Å². The summed E-state index contributed by atoms with van der Waals surface area (Å²) in [6, 6.07) is 0. The summed E-state index contributed by atoms with van der Waals surface area (Å²) < 4.78 is 0. The Morgan fingerprint density at radius 3 is 2.88 bits per heavy atom. The number of aliphatic carboxylic acids is 1. The van der Waals surface area contributed by atoms with Crippen molar-refractivity contribution >= 4 is 11.5 Å². The van der Waals surface area contributed by atoms with Crippen LogP contribution in [0, 0.1) is 0 Å². The number of unbranched alkanes of at least 4 members (excludes halogenated alkanes) is 2. The number of carboxylic acid groups (broad SMARTS) is 1. The average Bonchev–Trinajstić information content (AvgIpc) is 2.69. The van der Waals surface area contributed by atoms with Crippen molar-refractivity contribution < 1.29 is 9.90 Å². The van der Waals surface area contributed by atoms with Crippen molar-refractivity contribution in [1.82, 2.24) is 20.2 Å². The zero-order chi connectivity index (χ0) is 12.7. The number of tetrazole rings is 1. The zero-order valence-electron chi connectivity index (χ0n) is 9.83. The van der Waals surface area contributed by atoms with Crippen molar-refractivity contribution in [1.29, 1.82) is 0 Å². The second-order valence-corrected chi connectivity index (χ2v) is 3.67. The lowest BCUT2D eigenvalue weighted by Crippen LogP contribution is -1.93. The van der Waals surface area contributed by atoms with Gasteiger partial charge in [-0.2, -0.15) is 4.80 Å². The molecule has 1 aromatic heterocycles. The van der Waals surface area contributed by atoms with E-state index < -0.39 is 5.97 Å². The van der Waals surface area contributed by atoms with Gasteiger partial charge in [0.05, 0.1) is 7.05 Å². The first-order valence-electron chi connectivity index (χ1n) is 5.41. The summed E-state index contributed by atoms with van der Waals surface area (Å²) in [5, 5.41) is 20.0. The monoisotopic (exact) mass is 236 g/mol. The topological polar surface area (TPSA) is 80.9 Å². The number of aryl methyl sites for hydroxylation is 1. The summed E-state index contributed by atoms with van der Waals surface area (Å²) in [6.07, 6.45) is 6.37. The summed E-state index contributed by atoms with van der Waals surface area (Å²) in [5.41, 5.74) is 0.705. The fourth-order valence-corrected chi connectivity index (χ4v) is 1.25. The number of aromatic nitrogens is 4. The smallest absolute Gasteiger partial charge is 0.303 e. The molecular formula is C11H16N4O2. The first-order chi connectivity index (χ1) is 8.09. The Kier molecular flexibility index (Phi) is 5.06. The minimum absolute atomic E-state index is 0.223. The molecule has 0 unspecified atom stereocenters. The van der Waals surface area contributed by atoms with Gasteiger partial charge in [-0.1, -0.05) is 18.7 Å². The third kappa shape index (κ3) is 5.05. The molecule has 0 spiro atoms. The highest BCUT2D eigenvalue weighted by molar-refractivity contribution is 5.66. The first kappa shape index (κ1) is 13.1. The van der Waals surface area contributed by atoms with Gasteiger partial charge < -0.3 is 5.11 Å². The highest BCUT2D eigenvalue weighted by atomic mass is 16.4. The van der Waals surface area contributed by atoms with Gasteiger partial charge in [0.2, 0.25) is 5.82 Å². The summed E-state index contributed by atoms with van der Waals surface area (Å²) in [4.78, 5) is 11.6. The van der Waals surface area contributed by atoms with Crippen molar-refractivity contribution in [3.63, 3.8) is 0 Å². The number of nitrogens with zero attached hydrogens (tertiary/aromatic N) is 4. The molecule has 0 radical (unpaired) electrons. The molecule has 6 nitrogen and oxygen atoms in total. The lowest BCUT2D eigenvalue weighted by Gasteiger charge is -1.94. The largest absolute Gasteiger partial charge is 0.481 e. The van der Waals surface area contributed by atoms with Crippen LogP contribution in [-0.4, -0.2) is 31.3 Å². The molecule has 0 bridgehead atoms. The lowest BCUT2D eigenvalue weighted by molar-refractivity contribution is -0.137. The SMILES string of the molecule is C=C(C=CCCCCC(=O)O)c1nnn(C)n1. The minimum Gasteiger partial charge on any atom is -0.481 e. The van der Waals surface area contributed by atoms with Crippen LogP contribution < -0.4 is 0 Å². The average molecular weight is 236 g/mol. The maximum Gasteiger partial charge on any atom is 0.303 e. The minimum atomic E-state index is -0.748. The van der Waals surface area contributed by atoms with Crippen molar-refractivity contribution in [3.8, 4) is 0 Å². The summed E-state index contributed by atoms with van der Waals surface area (Å²) in [7, 11) is 1.69. The van der Waals surface area contributed by atoms with Crippen molar-refractivity contribution in [3.05, 3.63) is 24.6 Å². The van der Waals surface area contributed by atoms with Crippen LogP contribution >= 0.6 is 0 Å². The number of carbonyl (C=O) groups is 1. The van der Waals surface area contributed by atoms with Gasteiger partial charge in [-0.3, -0.25) is 4.79 Å². The van der Waals surface area contributed by atoms with E-state index in [2.05, 4.69) is 22.0 Å². The Morgan fingerprint density at radius 2 is 2.29 bits per heavy atom. The highest BCUT2D eigenvalue weighted by Crippen LogP contribution is 2.08.